The summed E-state index contributed by atoms with van der Waals surface area (Å²) in [5, 5.41) is 2.55. The zero-order valence-corrected chi connectivity index (χ0v) is 25.0. The van der Waals surface area contributed by atoms with Crippen LogP contribution >= 0.6 is 27.5 Å². The van der Waals surface area contributed by atoms with Crippen LogP contribution in [-0.2, 0) is 26.3 Å². The van der Waals surface area contributed by atoms with Crippen LogP contribution in [0.1, 0.15) is 24.5 Å². The number of benzene rings is 3. The van der Waals surface area contributed by atoms with Gasteiger partial charge in [0.2, 0.25) is 0 Å². The molecule has 0 bridgehead atoms. The van der Waals surface area contributed by atoms with Gasteiger partial charge < -0.3 is 13.7 Å². The van der Waals surface area contributed by atoms with Gasteiger partial charge in [0.15, 0.2) is 17.2 Å². The zero-order valence-electron chi connectivity index (χ0n) is 21.8. The molecule has 13 heteroatoms. The number of amides is 4. The molecule has 0 saturated carbocycles. The molecule has 41 heavy (non-hydrogen) atoms. The van der Waals surface area contributed by atoms with E-state index in [-0.39, 0.29) is 27.2 Å². The highest BCUT2D eigenvalue weighted by molar-refractivity contribution is 9.10. The number of urea groups is 1. The summed E-state index contributed by atoms with van der Waals surface area (Å²) in [7, 11) is -2.67. The van der Waals surface area contributed by atoms with E-state index in [1.54, 1.807) is 18.2 Å². The molecule has 0 unspecified atom stereocenters. The van der Waals surface area contributed by atoms with Crippen LogP contribution in [0.3, 0.4) is 0 Å². The van der Waals surface area contributed by atoms with Gasteiger partial charge in [-0.05, 0) is 88.1 Å². The highest BCUT2D eigenvalue weighted by Gasteiger charge is 2.36. The lowest BCUT2D eigenvalue weighted by Crippen LogP contribution is -2.53. The van der Waals surface area contributed by atoms with E-state index >= 15 is 0 Å². The summed E-state index contributed by atoms with van der Waals surface area (Å²) in [6, 6.07) is 14.0. The number of barbiturate groups is 1. The monoisotopic (exact) mass is 662 g/mol. The van der Waals surface area contributed by atoms with Crippen LogP contribution in [0, 0.1) is 0 Å². The van der Waals surface area contributed by atoms with Crippen LogP contribution < -0.4 is 19.0 Å². The number of nitrogens with one attached hydrogen (secondary N) is 1. The van der Waals surface area contributed by atoms with Gasteiger partial charge in [-0.25, -0.2) is 4.79 Å². The number of nitrogens with zero attached hydrogens (tertiary/aromatic N) is 1. The standard InChI is InChI=1S/C28H24BrClN2O8S/c1-3-12-39-24-11-5-18(15-25(24)38-2)16-32-27(34)21(26(33)31-28(32)35)13-17-4-10-23(22(29)14-17)40-41(36,37)20-8-6-19(30)7-9-20/h4-11,13-15H,3,12,16H2,1-2H3,(H,31,33,35)/b21-13+. The second-order valence-electron chi connectivity index (χ2n) is 8.72. The molecule has 1 aliphatic rings. The minimum Gasteiger partial charge on any atom is -0.493 e. The Hall–Kier alpha value is -3.87. The second-order valence-corrected chi connectivity index (χ2v) is 11.6. The third-order valence-electron chi connectivity index (χ3n) is 5.78. The van der Waals surface area contributed by atoms with Crippen molar-refractivity contribution in [2.75, 3.05) is 13.7 Å². The first-order chi connectivity index (χ1) is 19.5. The van der Waals surface area contributed by atoms with Crippen molar-refractivity contribution in [3.05, 3.63) is 86.9 Å². The molecule has 0 aliphatic carbocycles. The van der Waals surface area contributed by atoms with Crippen molar-refractivity contribution in [1.29, 1.82) is 0 Å². The molecular formula is C28H24BrClN2O8S. The lowest BCUT2D eigenvalue weighted by Gasteiger charge is -2.26. The number of ether oxygens (including phenoxy) is 2. The minimum absolute atomic E-state index is 0.0152. The molecule has 3 aromatic carbocycles. The van der Waals surface area contributed by atoms with Crippen molar-refractivity contribution in [3.63, 3.8) is 0 Å². The maximum absolute atomic E-state index is 13.2. The van der Waals surface area contributed by atoms with E-state index in [4.69, 9.17) is 25.3 Å². The van der Waals surface area contributed by atoms with E-state index in [9.17, 15) is 22.8 Å². The predicted molar refractivity (Wildman–Crippen MR) is 154 cm³/mol. The Morgan fingerprint density at radius 3 is 2.34 bits per heavy atom. The number of hydrogen-bond donors (Lipinski definition) is 1. The number of imide groups is 2. The van der Waals surface area contributed by atoms with E-state index in [0.29, 0.717) is 34.3 Å². The van der Waals surface area contributed by atoms with Gasteiger partial charge in [-0.15, -0.1) is 0 Å². The van der Waals surface area contributed by atoms with Crippen LogP contribution in [-0.4, -0.2) is 44.9 Å². The number of hydrogen-bond acceptors (Lipinski definition) is 8. The summed E-state index contributed by atoms with van der Waals surface area (Å²) in [6.45, 7) is 2.35. The molecule has 214 valence electrons. The molecule has 10 nitrogen and oxygen atoms in total. The van der Waals surface area contributed by atoms with Gasteiger partial charge in [0.25, 0.3) is 11.8 Å². The summed E-state index contributed by atoms with van der Waals surface area (Å²) in [4.78, 5) is 39.2. The maximum atomic E-state index is 13.2. The average molecular weight is 664 g/mol. The van der Waals surface area contributed by atoms with Crippen LogP contribution in [0.2, 0.25) is 5.02 Å². The van der Waals surface area contributed by atoms with Crippen LogP contribution in [0.5, 0.6) is 17.2 Å². The van der Waals surface area contributed by atoms with Gasteiger partial charge >= 0.3 is 16.1 Å². The Labute approximate surface area is 250 Å². The number of carbonyl (C=O) groups is 3. The van der Waals surface area contributed by atoms with Gasteiger partial charge in [-0.2, -0.15) is 8.42 Å². The predicted octanol–water partition coefficient (Wildman–Crippen LogP) is 5.33. The lowest BCUT2D eigenvalue weighted by molar-refractivity contribution is -0.130. The van der Waals surface area contributed by atoms with Gasteiger partial charge in [-0.1, -0.05) is 30.7 Å². The summed E-state index contributed by atoms with van der Waals surface area (Å²) in [5.41, 5.74) is 0.669. The highest BCUT2D eigenvalue weighted by Crippen LogP contribution is 2.31. The molecule has 1 saturated heterocycles. The Kier molecular flexibility index (Phi) is 9.36. The van der Waals surface area contributed by atoms with E-state index in [0.717, 1.165) is 11.3 Å². The average Bonchev–Trinajstić information content (AvgIpc) is 2.94. The van der Waals surface area contributed by atoms with E-state index in [1.165, 1.54) is 55.7 Å². The maximum Gasteiger partial charge on any atom is 0.339 e. The fourth-order valence-corrected chi connectivity index (χ4v) is 5.43. The molecule has 0 spiro atoms. The first-order valence-corrected chi connectivity index (χ1v) is 14.8. The first-order valence-electron chi connectivity index (χ1n) is 12.2. The number of methoxy groups -OCH3 is 1. The fraction of sp³-hybridized carbons (Fsp3) is 0.179. The molecule has 4 amide bonds. The van der Waals surface area contributed by atoms with Crippen LogP contribution in [0.15, 0.2) is 75.6 Å². The van der Waals surface area contributed by atoms with Crippen molar-refractivity contribution in [2.24, 2.45) is 0 Å². The van der Waals surface area contributed by atoms with Gasteiger partial charge in [0.1, 0.15) is 10.5 Å². The molecule has 0 radical (unpaired) electrons. The number of carbonyl (C=O) groups excluding carboxylic acids is 3. The summed E-state index contributed by atoms with van der Waals surface area (Å²) < 4.78 is 41.8. The van der Waals surface area contributed by atoms with Gasteiger partial charge in [-0.3, -0.25) is 19.8 Å². The Morgan fingerprint density at radius 2 is 1.68 bits per heavy atom. The Morgan fingerprint density at radius 1 is 0.976 bits per heavy atom. The topological polar surface area (TPSA) is 128 Å². The molecule has 0 atom stereocenters. The van der Waals surface area contributed by atoms with Gasteiger partial charge in [0, 0.05) is 5.02 Å². The molecule has 4 rings (SSSR count). The fourth-order valence-electron chi connectivity index (χ4n) is 3.77. The smallest absolute Gasteiger partial charge is 0.339 e. The second kappa shape index (κ2) is 12.8. The van der Waals surface area contributed by atoms with Crippen molar-refractivity contribution >= 4 is 61.6 Å². The van der Waals surface area contributed by atoms with Crippen molar-refractivity contribution in [1.82, 2.24) is 10.2 Å². The summed E-state index contributed by atoms with van der Waals surface area (Å²) in [6.07, 6.45) is 2.10. The molecule has 0 aromatic heterocycles. The largest absolute Gasteiger partial charge is 0.493 e. The van der Waals surface area contributed by atoms with Crippen molar-refractivity contribution in [2.45, 2.75) is 24.8 Å². The normalized spacial score (nSPS) is 14.7. The molecule has 1 N–H and O–H groups in total. The zero-order chi connectivity index (χ0) is 29.7. The Balaban J connectivity index is 1.55. The third-order valence-corrected chi connectivity index (χ3v) is 7.91. The molecular weight excluding hydrogens is 640 g/mol. The summed E-state index contributed by atoms with van der Waals surface area (Å²) >= 11 is 9.09. The number of halogens is 2. The molecule has 1 aliphatic heterocycles. The quantitative estimate of drug-likeness (QED) is 0.175. The molecule has 3 aromatic rings. The highest BCUT2D eigenvalue weighted by atomic mass is 79.9. The van der Waals surface area contributed by atoms with Gasteiger partial charge in [0.05, 0.1) is 24.7 Å². The molecule has 1 fully saturated rings. The van der Waals surface area contributed by atoms with E-state index in [2.05, 4.69) is 21.2 Å². The van der Waals surface area contributed by atoms with E-state index < -0.39 is 28.0 Å². The summed E-state index contributed by atoms with van der Waals surface area (Å²) in [5.74, 6) is -0.705. The minimum atomic E-state index is -4.15. The first kappa shape index (κ1) is 30.1. The van der Waals surface area contributed by atoms with Crippen molar-refractivity contribution in [3.8, 4) is 17.2 Å². The Bertz CT molecular complexity index is 1640. The third kappa shape index (κ3) is 7.07. The van der Waals surface area contributed by atoms with E-state index in [1.807, 2.05) is 6.92 Å². The number of rotatable bonds is 10. The lowest BCUT2D eigenvalue weighted by atomic mass is 10.1. The van der Waals surface area contributed by atoms with Crippen LogP contribution in [0.4, 0.5) is 4.79 Å². The van der Waals surface area contributed by atoms with Crippen LogP contribution in [0.25, 0.3) is 6.08 Å². The van der Waals surface area contributed by atoms with Crippen molar-refractivity contribution < 1.29 is 36.5 Å². The molecule has 1 heterocycles. The SMILES string of the molecule is CCCOc1ccc(CN2C(=O)NC(=O)/C(=C\c3ccc(OS(=O)(=O)c4ccc(Cl)cc4)c(Br)c3)C2=O)cc1OC.